The van der Waals surface area contributed by atoms with Crippen molar-refractivity contribution in [1.29, 1.82) is 10.5 Å². The lowest BCUT2D eigenvalue weighted by atomic mass is 9.98. The summed E-state index contributed by atoms with van der Waals surface area (Å²) in [5.74, 6) is 0. The summed E-state index contributed by atoms with van der Waals surface area (Å²) >= 11 is 0. The number of hydrogen-bond donors (Lipinski definition) is 0. The van der Waals surface area contributed by atoms with Crippen molar-refractivity contribution in [1.82, 2.24) is 13.7 Å². The van der Waals surface area contributed by atoms with Crippen molar-refractivity contribution in [3.05, 3.63) is 187 Å². The van der Waals surface area contributed by atoms with Crippen LogP contribution in [0.3, 0.4) is 0 Å². The highest BCUT2D eigenvalue weighted by atomic mass is 15.2. The lowest BCUT2D eigenvalue weighted by Gasteiger charge is -2.30. The number of anilines is 2. The molecule has 57 heavy (non-hydrogen) atoms. The van der Waals surface area contributed by atoms with Crippen LogP contribution in [0.2, 0.25) is 0 Å². The molecule has 0 radical (unpaired) electrons. The van der Waals surface area contributed by atoms with Crippen LogP contribution in [0.25, 0.3) is 82.5 Å². The second kappa shape index (κ2) is 12.5. The lowest BCUT2D eigenvalue weighted by Crippen LogP contribution is -2.20. The van der Waals surface area contributed by atoms with Crippen LogP contribution in [0.4, 0.5) is 11.4 Å². The van der Waals surface area contributed by atoms with Crippen LogP contribution in [0.15, 0.2) is 176 Å². The molecule has 11 rings (SSSR count). The fraction of sp³-hybridized carbons (Fsp3) is 0.0196. The summed E-state index contributed by atoms with van der Waals surface area (Å²) < 4.78 is 6.66. The predicted molar refractivity (Wildman–Crippen MR) is 233 cm³/mol. The van der Waals surface area contributed by atoms with Crippen molar-refractivity contribution < 1.29 is 0 Å². The van der Waals surface area contributed by atoms with Crippen LogP contribution >= 0.6 is 0 Å². The van der Waals surface area contributed by atoms with Gasteiger partial charge in [-0.3, -0.25) is 0 Å². The van der Waals surface area contributed by atoms with E-state index in [2.05, 4.69) is 164 Å². The third kappa shape index (κ3) is 4.50. The summed E-state index contributed by atoms with van der Waals surface area (Å²) in [6.45, 7) is 0. The van der Waals surface area contributed by atoms with E-state index in [4.69, 9.17) is 0 Å². The number of nitriles is 2. The maximum Gasteiger partial charge on any atom is 0.104 e. The number of rotatable bonds is 5. The van der Waals surface area contributed by atoms with Crippen LogP contribution in [-0.2, 0) is 0 Å². The van der Waals surface area contributed by atoms with E-state index in [-0.39, 0.29) is 0 Å². The zero-order chi connectivity index (χ0) is 38.2. The standard InChI is InChI=1S/C51H32N6/c1-54(33-17-3-2-4-18-33)49-40(31-52)48(55-42-25-11-5-19-34(42)35-20-6-12-26-43(35)55)41(32-53)50(56-44-27-13-7-21-36(44)37-22-8-14-28-45(37)56)51(49)57-46-29-15-9-23-38(46)39-24-10-16-30-47(39)57/h2-30H,1H3. The van der Waals surface area contributed by atoms with E-state index in [0.717, 1.165) is 76.8 Å². The smallest absolute Gasteiger partial charge is 0.104 e. The molecular formula is C51H32N6. The van der Waals surface area contributed by atoms with Gasteiger partial charge in [-0.1, -0.05) is 127 Å². The van der Waals surface area contributed by atoms with Crippen LogP contribution < -0.4 is 4.90 Å². The van der Waals surface area contributed by atoms with Crippen molar-refractivity contribution in [2.24, 2.45) is 0 Å². The van der Waals surface area contributed by atoms with Crippen LogP contribution in [0.5, 0.6) is 0 Å². The second-order valence-corrected chi connectivity index (χ2v) is 14.4. The third-order valence-corrected chi connectivity index (χ3v) is 11.5. The van der Waals surface area contributed by atoms with E-state index >= 15 is 0 Å². The van der Waals surface area contributed by atoms with Gasteiger partial charge in [-0.2, -0.15) is 10.5 Å². The first-order valence-electron chi connectivity index (χ1n) is 19.0. The van der Waals surface area contributed by atoms with Gasteiger partial charge in [-0.15, -0.1) is 0 Å². The van der Waals surface area contributed by atoms with Gasteiger partial charge in [0.25, 0.3) is 0 Å². The summed E-state index contributed by atoms with van der Waals surface area (Å²) in [6, 6.07) is 65.8. The van der Waals surface area contributed by atoms with Gasteiger partial charge in [0.2, 0.25) is 0 Å². The topological polar surface area (TPSA) is 65.6 Å². The molecule has 8 aromatic carbocycles. The quantitative estimate of drug-likeness (QED) is 0.177. The second-order valence-electron chi connectivity index (χ2n) is 14.4. The third-order valence-electron chi connectivity index (χ3n) is 11.5. The first-order valence-corrected chi connectivity index (χ1v) is 19.0. The fourth-order valence-electron chi connectivity index (χ4n) is 9.16. The maximum absolute atomic E-state index is 11.9. The molecule has 0 saturated heterocycles. The van der Waals surface area contributed by atoms with E-state index < -0.39 is 0 Å². The molecule has 0 spiro atoms. The van der Waals surface area contributed by atoms with Gasteiger partial charge < -0.3 is 18.6 Å². The maximum atomic E-state index is 11.9. The van der Waals surface area contributed by atoms with Crippen LogP contribution in [-0.4, -0.2) is 20.7 Å². The normalized spacial score (nSPS) is 11.6. The molecule has 0 unspecified atom stereocenters. The first kappa shape index (κ1) is 32.4. The SMILES string of the molecule is CN(c1ccccc1)c1c(C#N)c(-n2c3ccccc3c3ccccc32)c(C#N)c(-n2c3ccccc3c3ccccc32)c1-n1c2ccccc2c2ccccc21. The minimum Gasteiger partial charge on any atom is -0.342 e. The van der Waals surface area contributed by atoms with Crippen molar-refractivity contribution in [3.8, 4) is 29.2 Å². The molecule has 0 aliphatic heterocycles. The average molecular weight is 729 g/mol. The Kier molecular flexibility index (Phi) is 7.10. The van der Waals surface area contributed by atoms with Crippen molar-refractivity contribution >= 4 is 76.8 Å². The Balaban J connectivity index is 1.47. The zero-order valence-corrected chi connectivity index (χ0v) is 30.9. The molecule has 266 valence electrons. The molecule has 0 aliphatic carbocycles. The van der Waals surface area contributed by atoms with Gasteiger partial charge in [0.1, 0.15) is 23.3 Å². The molecule has 11 aromatic rings. The number of para-hydroxylation sites is 7. The van der Waals surface area contributed by atoms with Gasteiger partial charge >= 0.3 is 0 Å². The fourth-order valence-corrected chi connectivity index (χ4v) is 9.16. The molecule has 0 bridgehead atoms. The Morgan fingerprint density at radius 2 is 0.649 bits per heavy atom. The predicted octanol–water partition coefficient (Wildman–Crippen LogP) is 12.5. The van der Waals surface area contributed by atoms with Gasteiger partial charge in [-0.05, 0) is 48.5 Å². The zero-order valence-electron chi connectivity index (χ0n) is 30.9. The summed E-state index contributed by atoms with van der Waals surface area (Å²) in [6.07, 6.45) is 0. The number of aromatic nitrogens is 3. The van der Waals surface area contributed by atoms with Gasteiger partial charge in [0.05, 0.1) is 55.8 Å². The van der Waals surface area contributed by atoms with Gasteiger partial charge in [-0.25, -0.2) is 0 Å². The molecule has 0 amide bonds. The Hall–Kier alpha value is -8.06. The molecule has 0 saturated carbocycles. The van der Waals surface area contributed by atoms with Gasteiger partial charge in [0, 0.05) is 45.1 Å². The van der Waals surface area contributed by atoms with E-state index in [0.29, 0.717) is 28.2 Å². The van der Waals surface area contributed by atoms with E-state index in [1.54, 1.807) is 0 Å². The number of hydrogen-bond acceptors (Lipinski definition) is 3. The summed E-state index contributed by atoms with van der Waals surface area (Å²) in [4.78, 5) is 2.12. The highest BCUT2D eigenvalue weighted by molar-refractivity contribution is 6.14. The number of fused-ring (bicyclic) bond motifs is 9. The number of benzene rings is 8. The molecule has 3 aromatic heterocycles. The summed E-state index contributed by atoms with van der Waals surface area (Å²) in [7, 11) is 2.03. The lowest BCUT2D eigenvalue weighted by molar-refractivity contribution is 1.04. The minimum atomic E-state index is 0.394. The van der Waals surface area contributed by atoms with E-state index in [9.17, 15) is 10.5 Å². The van der Waals surface area contributed by atoms with Crippen molar-refractivity contribution in [2.45, 2.75) is 0 Å². The van der Waals surface area contributed by atoms with Crippen molar-refractivity contribution in [3.63, 3.8) is 0 Å². The highest BCUT2D eigenvalue weighted by Crippen LogP contribution is 2.49. The Labute approximate surface area is 328 Å². The van der Waals surface area contributed by atoms with E-state index in [1.807, 2.05) is 49.5 Å². The molecule has 0 fully saturated rings. The highest BCUT2D eigenvalue weighted by Gasteiger charge is 2.34. The van der Waals surface area contributed by atoms with Crippen LogP contribution in [0.1, 0.15) is 11.1 Å². The average Bonchev–Trinajstić information content (AvgIpc) is 3.91. The van der Waals surface area contributed by atoms with Gasteiger partial charge in [0.15, 0.2) is 0 Å². The van der Waals surface area contributed by atoms with Crippen molar-refractivity contribution in [2.75, 3.05) is 11.9 Å². The molecule has 0 N–H and O–H groups in total. The Morgan fingerprint density at radius 1 is 0.351 bits per heavy atom. The summed E-state index contributed by atoms with van der Waals surface area (Å²) in [5, 5.41) is 30.1. The van der Waals surface area contributed by atoms with E-state index in [1.165, 1.54) is 0 Å². The van der Waals surface area contributed by atoms with Crippen LogP contribution in [0, 0.1) is 22.7 Å². The molecule has 0 aliphatic rings. The monoisotopic (exact) mass is 728 g/mol. The minimum absolute atomic E-state index is 0.394. The molecule has 6 nitrogen and oxygen atoms in total. The Bertz CT molecular complexity index is 3350. The molecule has 0 atom stereocenters. The molecule has 3 heterocycles. The molecular weight excluding hydrogens is 697 g/mol. The number of nitrogens with zero attached hydrogens (tertiary/aromatic N) is 6. The Morgan fingerprint density at radius 3 is 1.00 bits per heavy atom. The first-order chi connectivity index (χ1) is 28.2. The largest absolute Gasteiger partial charge is 0.342 e. The summed E-state index contributed by atoms with van der Waals surface area (Å²) in [5.41, 5.74) is 10.0. The molecule has 6 heteroatoms.